The monoisotopic (exact) mass is 569 g/mol. The number of hydrogen-bond donors (Lipinski definition) is 1. The zero-order chi connectivity index (χ0) is 29.4. The first-order chi connectivity index (χ1) is 19.6. The second-order valence-corrected chi connectivity index (χ2v) is 12.0. The first-order valence-corrected chi connectivity index (χ1v) is 17.6. The highest BCUT2D eigenvalue weighted by molar-refractivity contribution is 5.69. The maximum Gasteiger partial charge on any atom is 0.305 e. The van der Waals surface area contributed by atoms with Gasteiger partial charge in [-0.25, -0.2) is 0 Å². The molecule has 1 N–H and O–H groups in total. The van der Waals surface area contributed by atoms with Gasteiger partial charge in [-0.05, 0) is 12.8 Å². The quantitative estimate of drug-likeness (QED) is 0.0645. The molecular formula is C35H68O5. The Bertz CT molecular complexity index is 536. The first kappa shape index (κ1) is 38.9. The molecule has 0 aromatic carbocycles. The van der Waals surface area contributed by atoms with E-state index in [1.165, 1.54) is 135 Å². The molecule has 238 valence electrons. The molecule has 0 rings (SSSR count). The molecule has 0 fully saturated rings. The van der Waals surface area contributed by atoms with Crippen molar-refractivity contribution in [1.82, 2.24) is 0 Å². The molecule has 0 spiro atoms. The van der Waals surface area contributed by atoms with E-state index in [0.29, 0.717) is 12.8 Å². The lowest BCUT2D eigenvalue weighted by molar-refractivity contribution is -0.152. The van der Waals surface area contributed by atoms with Gasteiger partial charge in [0.1, 0.15) is 19.3 Å². The van der Waals surface area contributed by atoms with E-state index in [1.807, 2.05) is 0 Å². The molecule has 1 atom stereocenters. The maximum atomic E-state index is 11.9. The fourth-order valence-electron chi connectivity index (χ4n) is 5.14. The molecule has 0 aliphatic carbocycles. The van der Waals surface area contributed by atoms with E-state index in [4.69, 9.17) is 9.47 Å². The minimum absolute atomic E-state index is 0.108. The van der Waals surface area contributed by atoms with Crippen molar-refractivity contribution in [1.29, 1.82) is 0 Å². The first-order valence-electron chi connectivity index (χ1n) is 17.6. The third-order valence-corrected chi connectivity index (χ3v) is 7.84. The molecular weight excluding hydrogens is 500 g/mol. The highest BCUT2D eigenvalue weighted by Gasteiger charge is 2.12. The van der Waals surface area contributed by atoms with Crippen molar-refractivity contribution in [2.24, 2.45) is 0 Å². The average molecular weight is 569 g/mol. The number of aliphatic hydroxyl groups is 1. The molecule has 0 aliphatic rings. The number of aliphatic hydroxyl groups excluding tert-OH is 1. The second kappa shape index (κ2) is 32.4. The molecule has 0 bridgehead atoms. The van der Waals surface area contributed by atoms with Crippen LogP contribution in [0.15, 0.2) is 0 Å². The summed E-state index contributed by atoms with van der Waals surface area (Å²) < 4.78 is 10.2. The highest BCUT2D eigenvalue weighted by Crippen LogP contribution is 2.15. The second-order valence-electron chi connectivity index (χ2n) is 12.0. The van der Waals surface area contributed by atoms with Crippen LogP contribution in [-0.2, 0) is 19.1 Å². The van der Waals surface area contributed by atoms with Crippen LogP contribution in [0.4, 0.5) is 0 Å². The van der Waals surface area contributed by atoms with Crippen molar-refractivity contribution in [3.8, 4) is 0 Å². The van der Waals surface area contributed by atoms with Crippen molar-refractivity contribution in [2.45, 2.75) is 200 Å². The molecule has 5 nitrogen and oxygen atoms in total. The zero-order valence-electron chi connectivity index (χ0n) is 26.9. The Morgan fingerprint density at radius 3 is 0.900 bits per heavy atom. The van der Waals surface area contributed by atoms with E-state index in [1.54, 1.807) is 0 Å². The smallest absolute Gasteiger partial charge is 0.305 e. The molecule has 0 saturated carbocycles. The molecule has 0 aliphatic heterocycles. The topological polar surface area (TPSA) is 72.8 Å². The summed E-state index contributed by atoms with van der Waals surface area (Å²) >= 11 is 0. The van der Waals surface area contributed by atoms with Gasteiger partial charge in [0, 0.05) is 12.8 Å². The molecule has 0 amide bonds. The Labute approximate surface area is 248 Å². The van der Waals surface area contributed by atoms with Crippen molar-refractivity contribution >= 4 is 11.9 Å². The lowest BCUT2D eigenvalue weighted by atomic mass is 10.0. The summed E-state index contributed by atoms with van der Waals surface area (Å²) in [5, 5.41) is 9.92. The molecule has 0 aromatic rings. The van der Waals surface area contributed by atoms with Gasteiger partial charge in [-0.3, -0.25) is 9.59 Å². The standard InChI is InChI=1S/C35H68O5/c1-3-5-7-9-11-12-13-14-15-16-17-18-19-20-21-22-24-26-28-30-35(38)40-32-33(36)31-39-34(37)29-27-25-23-10-8-6-4-2/h33,36H,3-32H2,1-2H3/t33-/m1/s1. The van der Waals surface area contributed by atoms with Gasteiger partial charge >= 0.3 is 11.9 Å². The minimum Gasteiger partial charge on any atom is -0.463 e. The Kier molecular flexibility index (Phi) is 31.5. The largest absolute Gasteiger partial charge is 0.463 e. The summed E-state index contributed by atoms with van der Waals surface area (Å²) in [5.74, 6) is -0.562. The van der Waals surface area contributed by atoms with Crippen LogP contribution in [0.25, 0.3) is 0 Å². The minimum atomic E-state index is -0.952. The fraction of sp³-hybridized carbons (Fsp3) is 0.943. The van der Waals surface area contributed by atoms with Crippen LogP contribution in [-0.4, -0.2) is 36.4 Å². The van der Waals surface area contributed by atoms with Crippen molar-refractivity contribution < 1.29 is 24.2 Å². The summed E-state index contributed by atoms with van der Waals surface area (Å²) in [6, 6.07) is 0. The summed E-state index contributed by atoms with van der Waals surface area (Å²) in [4.78, 5) is 23.7. The average Bonchev–Trinajstić information content (AvgIpc) is 2.95. The normalized spacial score (nSPS) is 12.0. The van der Waals surface area contributed by atoms with Crippen molar-refractivity contribution in [3.63, 3.8) is 0 Å². The number of ether oxygens (including phenoxy) is 2. The molecule has 5 heteroatoms. The highest BCUT2D eigenvalue weighted by atomic mass is 16.6. The van der Waals surface area contributed by atoms with Crippen LogP contribution in [0.1, 0.15) is 194 Å². The summed E-state index contributed by atoms with van der Waals surface area (Å²) in [7, 11) is 0. The number of carbonyl (C=O) groups excluding carboxylic acids is 2. The molecule has 0 unspecified atom stereocenters. The van der Waals surface area contributed by atoms with Crippen LogP contribution >= 0.6 is 0 Å². The lowest BCUT2D eigenvalue weighted by Gasteiger charge is -2.12. The third kappa shape index (κ3) is 31.4. The number of unbranched alkanes of at least 4 members (excludes halogenated alkanes) is 24. The molecule has 0 aromatic heterocycles. The Hall–Kier alpha value is -1.10. The van der Waals surface area contributed by atoms with Gasteiger partial charge in [0.15, 0.2) is 0 Å². The van der Waals surface area contributed by atoms with Gasteiger partial charge < -0.3 is 14.6 Å². The number of esters is 2. The van der Waals surface area contributed by atoms with Gasteiger partial charge in [0.2, 0.25) is 0 Å². The zero-order valence-corrected chi connectivity index (χ0v) is 26.9. The van der Waals surface area contributed by atoms with Gasteiger partial charge in [-0.15, -0.1) is 0 Å². The van der Waals surface area contributed by atoms with Crippen molar-refractivity contribution in [2.75, 3.05) is 13.2 Å². The summed E-state index contributed by atoms with van der Waals surface area (Å²) in [5.41, 5.74) is 0. The van der Waals surface area contributed by atoms with E-state index in [0.717, 1.165) is 32.1 Å². The molecule has 0 radical (unpaired) electrons. The van der Waals surface area contributed by atoms with E-state index in [9.17, 15) is 14.7 Å². The predicted molar refractivity (Wildman–Crippen MR) is 169 cm³/mol. The fourth-order valence-corrected chi connectivity index (χ4v) is 5.14. The predicted octanol–water partition coefficient (Wildman–Crippen LogP) is 10.4. The van der Waals surface area contributed by atoms with E-state index >= 15 is 0 Å². The molecule has 40 heavy (non-hydrogen) atoms. The third-order valence-electron chi connectivity index (χ3n) is 7.84. The van der Waals surface area contributed by atoms with Crippen LogP contribution in [0.5, 0.6) is 0 Å². The van der Waals surface area contributed by atoms with E-state index in [-0.39, 0.29) is 25.2 Å². The number of rotatable bonds is 32. The molecule has 0 heterocycles. The van der Waals surface area contributed by atoms with Crippen LogP contribution < -0.4 is 0 Å². The van der Waals surface area contributed by atoms with Crippen LogP contribution in [0.2, 0.25) is 0 Å². The van der Waals surface area contributed by atoms with Gasteiger partial charge in [-0.1, -0.05) is 168 Å². The van der Waals surface area contributed by atoms with Crippen LogP contribution in [0.3, 0.4) is 0 Å². The molecule has 0 saturated heterocycles. The Morgan fingerprint density at radius 1 is 0.425 bits per heavy atom. The van der Waals surface area contributed by atoms with Crippen LogP contribution in [0, 0.1) is 0 Å². The SMILES string of the molecule is CCCCCCCCCCCCCCCCCCCCCC(=O)OC[C@H](O)COC(=O)CCCCCCCCC. The number of carbonyl (C=O) groups is 2. The maximum absolute atomic E-state index is 11.9. The Balaban J connectivity index is 3.34. The van der Waals surface area contributed by atoms with Crippen molar-refractivity contribution in [3.05, 3.63) is 0 Å². The lowest BCUT2D eigenvalue weighted by Crippen LogP contribution is -2.25. The van der Waals surface area contributed by atoms with E-state index < -0.39 is 6.10 Å². The van der Waals surface area contributed by atoms with Gasteiger partial charge in [0.25, 0.3) is 0 Å². The summed E-state index contributed by atoms with van der Waals surface area (Å²) in [6.07, 6.45) is 33.1. The Morgan fingerprint density at radius 2 is 0.650 bits per heavy atom. The van der Waals surface area contributed by atoms with Gasteiger partial charge in [0.05, 0.1) is 0 Å². The van der Waals surface area contributed by atoms with E-state index in [2.05, 4.69) is 13.8 Å². The number of hydrogen-bond acceptors (Lipinski definition) is 5. The van der Waals surface area contributed by atoms with Gasteiger partial charge in [-0.2, -0.15) is 0 Å². The summed E-state index contributed by atoms with van der Waals surface area (Å²) in [6.45, 7) is 4.27.